The first-order valence-electron chi connectivity index (χ1n) is 6.66. The quantitative estimate of drug-likeness (QED) is 0.563. The number of methoxy groups -OCH3 is 3. The number of carbonyl (C=O) groups is 1. The van der Waals surface area contributed by atoms with Gasteiger partial charge in [-0.3, -0.25) is 4.79 Å². The molecule has 0 aliphatic carbocycles. The van der Waals surface area contributed by atoms with E-state index in [0.717, 1.165) is 0 Å². The van der Waals surface area contributed by atoms with Crippen molar-refractivity contribution in [3.05, 3.63) is 0 Å². The van der Waals surface area contributed by atoms with E-state index in [1.54, 1.807) is 0 Å². The summed E-state index contributed by atoms with van der Waals surface area (Å²) in [5, 5.41) is 19.7. The number of hydrogen-bond donors (Lipinski definition) is 2. The Morgan fingerprint density at radius 2 is 2.00 bits per heavy atom. The number of ether oxygens (including phenoxy) is 3. The number of ketones is 1. The van der Waals surface area contributed by atoms with E-state index >= 15 is 0 Å². The van der Waals surface area contributed by atoms with E-state index in [4.69, 9.17) is 13.6 Å². The molecule has 0 amide bonds. The maximum Gasteiger partial charge on any atom is 0.161 e. The maximum absolute atomic E-state index is 11.3. The van der Waals surface area contributed by atoms with E-state index in [2.05, 4.69) is 4.74 Å². The monoisotopic (exact) mass is 239 g/mol. The van der Waals surface area contributed by atoms with Crippen molar-refractivity contribution < 1.29 is 33.3 Å². The minimum atomic E-state index is -1.53. The van der Waals surface area contributed by atoms with Gasteiger partial charge in [-0.15, -0.1) is 0 Å². The molecule has 0 saturated heterocycles. The van der Waals surface area contributed by atoms with Gasteiger partial charge in [0, 0.05) is 21.3 Å². The van der Waals surface area contributed by atoms with Crippen LogP contribution < -0.4 is 0 Å². The number of hydrogen-bond acceptors (Lipinski definition) is 6. The van der Waals surface area contributed by atoms with Crippen LogP contribution >= 0.6 is 0 Å². The Morgan fingerprint density at radius 1 is 1.31 bits per heavy atom. The molecule has 0 fully saturated rings. The Balaban J connectivity index is 4.76. The third-order valence-corrected chi connectivity index (χ3v) is 2.09. The average molecular weight is 239 g/mol. The molecule has 6 nitrogen and oxygen atoms in total. The highest BCUT2D eigenvalue weighted by atomic mass is 16.5. The van der Waals surface area contributed by atoms with Gasteiger partial charge >= 0.3 is 0 Å². The SMILES string of the molecule is [2H]COC[C@@H](O)[C@H](OC[2H])[C@H](O)[C@@H](OC[2H])C(C)=O. The van der Waals surface area contributed by atoms with Crippen molar-refractivity contribution >= 4 is 5.78 Å². The minimum absolute atomic E-state index is 0.281. The highest BCUT2D eigenvalue weighted by Crippen LogP contribution is 2.12. The first-order valence-corrected chi connectivity index (χ1v) is 4.54. The van der Waals surface area contributed by atoms with Gasteiger partial charge in [-0.05, 0) is 6.92 Å². The average Bonchev–Trinajstić information content (AvgIpc) is 2.38. The lowest BCUT2D eigenvalue weighted by Gasteiger charge is -2.29. The molecule has 0 saturated carbocycles. The predicted octanol–water partition coefficient (Wildman–Crippen LogP) is -1.03. The summed E-state index contributed by atoms with van der Waals surface area (Å²) < 4.78 is 35.0. The fraction of sp³-hybridized carbons (Fsp3) is 0.900. The van der Waals surface area contributed by atoms with Crippen LogP contribution in [0.5, 0.6) is 0 Å². The molecule has 6 heteroatoms. The molecule has 0 aromatic rings. The van der Waals surface area contributed by atoms with Crippen LogP contribution in [0.1, 0.15) is 11.0 Å². The zero-order chi connectivity index (χ0) is 14.8. The number of Topliss-reactive ketones (excluding diaryl/α,β-unsaturated/α-hetero) is 1. The second-order valence-electron chi connectivity index (χ2n) is 3.26. The summed E-state index contributed by atoms with van der Waals surface area (Å²) in [6, 6.07) is 0. The molecule has 96 valence electrons. The third kappa shape index (κ3) is 4.15. The van der Waals surface area contributed by atoms with Gasteiger partial charge in [0.2, 0.25) is 0 Å². The van der Waals surface area contributed by atoms with Crippen molar-refractivity contribution in [2.24, 2.45) is 0 Å². The lowest BCUT2D eigenvalue weighted by Crippen LogP contribution is -2.50. The van der Waals surface area contributed by atoms with Crippen molar-refractivity contribution in [2.45, 2.75) is 31.3 Å². The molecule has 4 atom stereocenters. The van der Waals surface area contributed by atoms with Crippen LogP contribution in [-0.4, -0.2) is 68.3 Å². The van der Waals surface area contributed by atoms with Crippen LogP contribution in [0.25, 0.3) is 0 Å². The second-order valence-corrected chi connectivity index (χ2v) is 3.26. The van der Waals surface area contributed by atoms with Crippen LogP contribution in [-0.2, 0) is 19.0 Å². The molecule has 0 aliphatic rings. The highest BCUT2D eigenvalue weighted by molar-refractivity contribution is 5.81. The van der Waals surface area contributed by atoms with Gasteiger partial charge in [-0.25, -0.2) is 0 Å². The Hall–Kier alpha value is -0.530. The largest absolute Gasteiger partial charge is 0.388 e. The lowest BCUT2D eigenvalue weighted by molar-refractivity contribution is -0.155. The molecule has 2 N–H and O–H groups in total. The number of aliphatic hydroxyl groups is 2. The Morgan fingerprint density at radius 3 is 2.50 bits per heavy atom. The van der Waals surface area contributed by atoms with Crippen LogP contribution in [0.3, 0.4) is 0 Å². The van der Waals surface area contributed by atoms with E-state index in [0.29, 0.717) is 0 Å². The summed E-state index contributed by atoms with van der Waals surface area (Å²) in [5.41, 5.74) is 0. The minimum Gasteiger partial charge on any atom is -0.388 e. The Kier molecular flexibility index (Phi) is 5.10. The summed E-state index contributed by atoms with van der Waals surface area (Å²) in [4.78, 5) is 11.3. The topological polar surface area (TPSA) is 85.2 Å². The van der Waals surface area contributed by atoms with Crippen molar-refractivity contribution in [1.82, 2.24) is 0 Å². The van der Waals surface area contributed by atoms with Crippen LogP contribution in [0.2, 0.25) is 0 Å². The fourth-order valence-corrected chi connectivity index (χ4v) is 1.28. The predicted molar refractivity (Wildman–Crippen MR) is 56.2 cm³/mol. The van der Waals surface area contributed by atoms with E-state index in [-0.39, 0.29) is 13.7 Å². The Bertz CT molecular complexity index is 255. The van der Waals surface area contributed by atoms with Gasteiger partial charge in [0.15, 0.2) is 5.78 Å². The molecule has 0 radical (unpaired) electrons. The van der Waals surface area contributed by atoms with Crippen LogP contribution in [0.15, 0.2) is 0 Å². The lowest BCUT2D eigenvalue weighted by atomic mass is 10.0. The summed E-state index contributed by atoms with van der Waals surface area (Å²) in [7, 11) is -1.44. The van der Waals surface area contributed by atoms with Gasteiger partial charge in [-0.2, -0.15) is 0 Å². The summed E-state index contributed by atoms with van der Waals surface area (Å²) >= 11 is 0. The number of rotatable bonds is 8. The summed E-state index contributed by atoms with van der Waals surface area (Å²) in [5.74, 6) is -0.521. The second kappa shape index (κ2) is 7.70. The molecule has 0 bridgehead atoms. The molecule has 0 aromatic heterocycles. The molecule has 0 spiro atoms. The molecule has 0 aromatic carbocycles. The molecular formula is C10H20O6. The van der Waals surface area contributed by atoms with Crippen molar-refractivity contribution in [1.29, 1.82) is 0 Å². The van der Waals surface area contributed by atoms with Crippen LogP contribution in [0.4, 0.5) is 0 Å². The van der Waals surface area contributed by atoms with E-state index < -0.39 is 44.4 Å². The van der Waals surface area contributed by atoms with Crippen molar-refractivity contribution in [3.63, 3.8) is 0 Å². The number of carbonyl (C=O) groups excluding carboxylic acids is 1. The van der Waals surface area contributed by atoms with Gasteiger partial charge in [0.05, 0.1) is 10.7 Å². The zero-order valence-corrected chi connectivity index (χ0v) is 9.17. The smallest absolute Gasteiger partial charge is 0.161 e. The molecule has 16 heavy (non-hydrogen) atoms. The highest BCUT2D eigenvalue weighted by Gasteiger charge is 2.35. The van der Waals surface area contributed by atoms with Gasteiger partial charge in [-0.1, -0.05) is 0 Å². The zero-order valence-electron chi connectivity index (χ0n) is 12.2. The summed E-state index contributed by atoms with van der Waals surface area (Å²) in [6.45, 7) is 0.894. The van der Waals surface area contributed by atoms with Gasteiger partial charge < -0.3 is 24.4 Å². The summed E-state index contributed by atoms with van der Waals surface area (Å²) in [6.07, 6.45) is -5.44. The standard InChI is InChI=1S/C10H20O6/c1-6(11)9(15-3)8(13)10(16-4)7(12)5-14-2/h7-10,12-13H,5H2,1-4H3/t7-,8-,9+,10+/m1/s1/i2D,3D,4D. The number of aliphatic hydroxyl groups excluding tert-OH is 2. The van der Waals surface area contributed by atoms with Crippen molar-refractivity contribution in [3.8, 4) is 0 Å². The van der Waals surface area contributed by atoms with E-state index in [1.807, 2.05) is 0 Å². The first kappa shape index (κ1) is 10.6. The molecule has 0 unspecified atom stereocenters. The van der Waals surface area contributed by atoms with Crippen molar-refractivity contribution in [2.75, 3.05) is 27.9 Å². The van der Waals surface area contributed by atoms with Gasteiger partial charge in [0.25, 0.3) is 0 Å². The molecule has 0 rings (SSSR count). The fourth-order valence-electron chi connectivity index (χ4n) is 1.28. The Labute approximate surface area is 99.3 Å². The molecule has 0 heterocycles. The maximum atomic E-state index is 11.3. The van der Waals surface area contributed by atoms with Gasteiger partial charge in [0.1, 0.15) is 24.4 Å². The van der Waals surface area contributed by atoms with E-state index in [9.17, 15) is 15.0 Å². The first-order chi connectivity index (χ1) is 8.99. The molecule has 0 aliphatic heterocycles. The van der Waals surface area contributed by atoms with E-state index in [1.165, 1.54) is 6.92 Å². The molecular weight excluding hydrogens is 216 g/mol. The normalized spacial score (nSPS) is 21.3. The third-order valence-electron chi connectivity index (χ3n) is 2.09. The van der Waals surface area contributed by atoms with Crippen LogP contribution in [0, 0.1) is 0 Å².